The monoisotopic (exact) mass is 1070 g/mol. The molecule has 10 heteroatoms. The Hall–Kier alpha value is -3.88. The number of hydrogen-bond donors (Lipinski definition) is 0. The van der Waals surface area contributed by atoms with Crippen LogP contribution >= 0.6 is 42.1 Å². The molecule has 0 spiro atoms. The van der Waals surface area contributed by atoms with E-state index in [0.717, 1.165) is 16.3 Å². The summed E-state index contributed by atoms with van der Waals surface area (Å²) < 4.78 is 0. The molecule has 0 aliphatic carbocycles. The van der Waals surface area contributed by atoms with E-state index >= 15 is 0 Å². The van der Waals surface area contributed by atoms with Crippen LogP contribution in [0.3, 0.4) is 0 Å². The molecule has 312 valence electrons. The summed E-state index contributed by atoms with van der Waals surface area (Å²) in [7, 11) is 7.23. The minimum atomic E-state index is -0.557. The van der Waals surface area contributed by atoms with Crippen LogP contribution in [0.2, 0.25) is 0 Å². The fraction of sp³-hybridized carbons (Fsp3) is 0. The molecule has 0 atom stereocenters. The number of pyridine rings is 3. The number of nitrogens with zero attached hydrogens (tertiary/aromatic N) is 3. The van der Waals surface area contributed by atoms with E-state index in [1.165, 1.54) is 31.8 Å². The van der Waals surface area contributed by atoms with Crippen LogP contribution in [0.25, 0.3) is 0 Å². The smallest absolute Gasteiger partial charge is 0.0720 e. The van der Waals surface area contributed by atoms with E-state index < -0.39 is 23.8 Å². The molecule has 0 unspecified atom stereocenters. The van der Waals surface area contributed by atoms with Gasteiger partial charge in [0.25, 0.3) is 0 Å². The molecule has 0 saturated heterocycles. The second-order valence-electron chi connectivity index (χ2n) is 12.6. The molecule has 3 heterocycles. The zero-order valence-electron chi connectivity index (χ0n) is 32.8. The van der Waals surface area contributed by atoms with E-state index in [4.69, 9.17) is 0 Å². The first-order valence-electron chi connectivity index (χ1n) is 19.0. The molecule has 9 aromatic rings. The quantitative estimate of drug-likeness (QED) is 0.107. The molecule has 0 aliphatic heterocycles. The number of benzene rings is 6. The van der Waals surface area contributed by atoms with Crippen molar-refractivity contribution < 1.29 is 40.0 Å². The molecule has 0 bridgehead atoms. The first-order valence-corrected chi connectivity index (χ1v) is 26.9. The molecule has 3 aromatic heterocycles. The van der Waals surface area contributed by atoms with Crippen LogP contribution in [0.1, 0.15) is 0 Å². The van der Waals surface area contributed by atoms with Crippen LogP contribution in [0.4, 0.5) is 0 Å². The molecular formula is C51H42Ag2Cl2N3P3. The third kappa shape index (κ3) is 15.2. The molecule has 0 saturated carbocycles. The summed E-state index contributed by atoms with van der Waals surface area (Å²) in [6.45, 7) is 0. The van der Waals surface area contributed by atoms with Crippen LogP contribution in [-0.4, -0.2) is 15.0 Å². The van der Waals surface area contributed by atoms with Gasteiger partial charge in [0.05, 0.1) is 16.3 Å². The summed E-state index contributed by atoms with van der Waals surface area (Å²) >= 11 is 4.84. The molecular weight excluding hydrogens is 1030 g/mol. The van der Waals surface area contributed by atoms with Gasteiger partial charge < -0.3 is 0 Å². The molecule has 3 nitrogen and oxygen atoms in total. The van der Waals surface area contributed by atoms with Gasteiger partial charge >= 0.3 is 58.4 Å². The Morgan fingerprint density at radius 3 is 0.541 bits per heavy atom. The van der Waals surface area contributed by atoms with Crippen molar-refractivity contribution in [2.24, 2.45) is 0 Å². The number of halogens is 2. The van der Waals surface area contributed by atoms with Crippen molar-refractivity contribution in [1.29, 1.82) is 0 Å². The van der Waals surface area contributed by atoms with E-state index in [1.54, 1.807) is 0 Å². The predicted molar refractivity (Wildman–Crippen MR) is 261 cm³/mol. The third-order valence-electron chi connectivity index (χ3n) is 8.72. The molecule has 9 rings (SSSR count). The summed E-state index contributed by atoms with van der Waals surface area (Å²) in [6, 6.07) is 82.1. The van der Waals surface area contributed by atoms with Crippen LogP contribution in [0.5, 0.6) is 0 Å². The van der Waals surface area contributed by atoms with Crippen molar-refractivity contribution in [3.05, 3.63) is 255 Å². The second kappa shape index (κ2) is 28.7. The molecule has 61 heavy (non-hydrogen) atoms. The summed E-state index contributed by atoms with van der Waals surface area (Å²) in [4.78, 5) is 13.7. The van der Waals surface area contributed by atoms with Crippen molar-refractivity contribution in [3.63, 3.8) is 0 Å². The van der Waals surface area contributed by atoms with Crippen molar-refractivity contribution >= 4 is 90.3 Å². The molecule has 0 N–H and O–H groups in total. The van der Waals surface area contributed by atoms with Gasteiger partial charge in [-0.15, -0.1) is 0 Å². The Morgan fingerprint density at radius 2 is 0.393 bits per heavy atom. The van der Waals surface area contributed by atoms with Gasteiger partial charge in [0.2, 0.25) is 0 Å². The molecule has 0 amide bonds. The topological polar surface area (TPSA) is 38.7 Å². The third-order valence-corrected chi connectivity index (χ3v) is 15.8. The summed E-state index contributed by atoms with van der Waals surface area (Å²) in [6.07, 6.45) is 5.61. The normalized spacial score (nSPS) is 10.1. The van der Waals surface area contributed by atoms with Gasteiger partial charge in [0.15, 0.2) is 0 Å². The minimum absolute atomic E-state index is 0.557. The van der Waals surface area contributed by atoms with Gasteiger partial charge in [0, 0.05) is 42.4 Å². The zero-order chi connectivity index (χ0) is 42.7. The van der Waals surface area contributed by atoms with Crippen molar-refractivity contribution in [2.45, 2.75) is 0 Å². The van der Waals surface area contributed by atoms with Crippen molar-refractivity contribution in [3.8, 4) is 0 Å². The maximum absolute atomic E-state index is 4.56. The maximum Gasteiger partial charge on any atom is 0.0720 e. The fourth-order valence-electron chi connectivity index (χ4n) is 6.16. The molecule has 0 fully saturated rings. The number of hydrogen-bond acceptors (Lipinski definition) is 3. The van der Waals surface area contributed by atoms with E-state index in [2.05, 4.69) is 292 Å². The van der Waals surface area contributed by atoms with Gasteiger partial charge in [-0.2, -0.15) is 0 Å². The Bertz CT molecular complexity index is 1890. The number of rotatable bonds is 9. The van der Waals surface area contributed by atoms with Crippen molar-refractivity contribution in [2.75, 3.05) is 0 Å². The summed E-state index contributed by atoms with van der Waals surface area (Å²) in [5.74, 6) is 0. The van der Waals surface area contributed by atoms with Gasteiger partial charge in [-0.25, -0.2) is 0 Å². The summed E-state index contributed by atoms with van der Waals surface area (Å²) in [5.41, 5.74) is 3.44. The Kier molecular flexibility index (Phi) is 22.6. The summed E-state index contributed by atoms with van der Waals surface area (Å²) in [5, 5.41) is 8.01. The zero-order valence-corrected chi connectivity index (χ0v) is 40.0. The fourth-order valence-corrected chi connectivity index (χ4v) is 12.7. The van der Waals surface area contributed by atoms with Gasteiger partial charge in [-0.3, -0.25) is 15.0 Å². The first-order chi connectivity index (χ1) is 30.3. The van der Waals surface area contributed by atoms with Gasteiger partial charge in [-0.05, 0) is 68.2 Å². The van der Waals surface area contributed by atoms with Crippen LogP contribution < -0.4 is 48.1 Å². The average Bonchev–Trinajstić information content (AvgIpc) is 3.37. The Morgan fingerprint density at radius 1 is 0.230 bits per heavy atom. The average molecular weight is 1080 g/mol. The first kappa shape index (κ1) is 48.2. The molecule has 0 aliphatic rings. The predicted octanol–water partition coefficient (Wildman–Crippen LogP) is 9.89. The molecule has 6 aromatic carbocycles. The van der Waals surface area contributed by atoms with E-state index in [0.29, 0.717) is 0 Å². The Balaban J connectivity index is 0.000000166. The van der Waals surface area contributed by atoms with Crippen molar-refractivity contribution in [1.82, 2.24) is 15.0 Å². The van der Waals surface area contributed by atoms with Crippen LogP contribution in [-0.2, 0) is 40.0 Å². The van der Waals surface area contributed by atoms with Crippen LogP contribution in [0, 0.1) is 0 Å². The Labute approximate surface area is 396 Å². The second-order valence-corrected chi connectivity index (χ2v) is 19.1. The SMILES string of the molecule is [Cl][Ag].[Cl][Ag].c1ccc(P(c2ccccc2)c2ccccn2)cc1.c1ccc(P(c2ccccc2)c2ccccn2)cc1.c1ccc(P(c2ccccc2)c2ccccn2)cc1. The largest absolute Gasteiger partial charge is 0.256 e. The van der Waals surface area contributed by atoms with E-state index in [1.807, 2.05) is 36.8 Å². The minimum Gasteiger partial charge on any atom is -0.256 e. The standard InChI is InChI=1S/3C17H14NP.2Ag.2ClH/c3*1-3-9-15(10-4-1)19(16-11-5-2-6-12-16)17-13-7-8-14-18-17;;;;/h3*1-14H;;;2*1H/q;;;2*+1;;/p-2. The maximum atomic E-state index is 4.56. The number of aromatic nitrogens is 3. The van der Waals surface area contributed by atoms with E-state index in [-0.39, 0.29) is 0 Å². The molecule has 0 radical (unpaired) electrons. The van der Waals surface area contributed by atoms with Gasteiger partial charge in [-0.1, -0.05) is 200 Å². The van der Waals surface area contributed by atoms with Crippen LogP contribution in [0.15, 0.2) is 255 Å². The van der Waals surface area contributed by atoms with Gasteiger partial charge in [0.1, 0.15) is 0 Å². The van der Waals surface area contributed by atoms with E-state index in [9.17, 15) is 0 Å².